The monoisotopic (exact) mass is 598 g/mol. The molecule has 8 rings (SSSR count). The average Bonchev–Trinajstić information content (AvgIpc) is 3.11. The van der Waals surface area contributed by atoms with E-state index in [0.29, 0.717) is 0 Å². The summed E-state index contributed by atoms with van der Waals surface area (Å²) in [5.41, 5.74) is 11.2. The third kappa shape index (κ3) is 4.64. The van der Waals surface area contributed by atoms with Crippen LogP contribution < -0.4 is 0 Å². The van der Waals surface area contributed by atoms with Crippen LogP contribution >= 0.6 is 0 Å². The Bertz CT molecular complexity index is 2180. The van der Waals surface area contributed by atoms with Crippen LogP contribution in [0.1, 0.15) is 25.0 Å². The molecule has 0 atom stereocenters. The molecule has 0 unspecified atom stereocenters. The van der Waals surface area contributed by atoms with E-state index in [9.17, 15) is 8.78 Å². The van der Waals surface area contributed by atoms with Crippen molar-refractivity contribution in [3.05, 3.63) is 156 Å². The minimum Gasteiger partial charge on any atom is -0.207 e. The Balaban J connectivity index is 1.53. The van der Waals surface area contributed by atoms with Crippen molar-refractivity contribution in [2.45, 2.75) is 26.7 Å². The summed E-state index contributed by atoms with van der Waals surface area (Å²) in [5, 5.41) is 6.96. The topological polar surface area (TPSA) is 0 Å². The van der Waals surface area contributed by atoms with E-state index in [4.69, 9.17) is 0 Å². The molecule has 0 fully saturated rings. The summed E-state index contributed by atoms with van der Waals surface area (Å²) in [5.74, 6) is -0.501. The summed E-state index contributed by atoms with van der Waals surface area (Å²) >= 11 is 0. The highest BCUT2D eigenvalue weighted by Gasteiger charge is 2.21. The van der Waals surface area contributed by atoms with Gasteiger partial charge in [-0.05, 0) is 137 Å². The van der Waals surface area contributed by atoms with Crippen LogP contribution in [-0.2, 0) is 12.8 Å². The highest BCUT2D eigenvalue weighted by atomic mass is 19.1. The second kappa shape index (κ2) is 11.2. The predicted molar refractivity (Wildman–Crippen MR) is 191 cm³/mol. The largest absolute Gasteiger partial charge is 0.207 e. The molecule has 8 aromatic rings. The van der Waals surface area contributed by atoms with Gasteiger partial charge in [0.1, 0.15) is 11.6 Å². The summed E-state index contributed by atoms with van der Waals surface area (Å²) in [6.45, 7) is 4.34. The minimum absolute atomic E-state index is 0.250. The highest BCUT2D eigenvalue weighted by Crippen LogP contribution is 2.48. The van der Waals surface area contributed by atoms with Gasteiger partial charge in [-0.2, -0.15) is 0 Å². The zero-order valence-corrected chi connectivity index (χ0v) is 25.9. The van der Waals surface area contributed by atoms with Gasteiger partial charge in [0.15, 0.2) is 0 Å². The van der Waals surface area contributed by atoms with Crippen molar-refractivity contribution in [3.63, 3.8) is 0 Å². The fourth-order valence-electron chi connectivity index (χ4n) is 7.05. The van der Waals surface area contributed by atoms with Crippen LogP contribution in [0.15, 0.2) is 133 Å². The third-order valence-corrected chi connectivity index (χ3v) is 9.56. The molecule has 0 amide bonds. The van der Waals surface area contributed by atoms with E-state index in [-0.39, 0.29) is 11.6 Å². The van der Waals surface area contributed by atoms with Crippen molar-refractivity contribution >= 4 is 32.3 Å². The maximum Gasteiger partial charge on any atom is 0.123 e. The van der Waals surface area contributed by atoms with Crippen molar-refractivity contribution in [1.82, 2.24) is 0 Å². The SMILES string of the molecule is CCc1ccc(-c2cc(-c3ccc(F)cc3)c3ccc4c(-c5ccc(CC)cc5)cc(-c5ccc(F)cc5)c5ccc2c3c54)cc1. The first-order chi connectivity index (χ1) is 22.5. The Morgan fingerprint density at radius 3 is 0.870 bits per heavy atom. The Morgan fingerprint density at radius 2 is 0.609 bits per heavy atom. The van der Waals surface area contributed by atoms with Gasteiger partial charge in [-0.3, -0.25) is 0 Å². The molecule has 0 N–H and O–H groups in total. The third-order valence-electron chi connectivity index (χ3n) is 9.56. The molecule has 0 aliphatic heterocycles. The number of hydrogen-bond donors (Lipinski definition) is 0. The molecule has 0 saturated carbocycles. The predicted octanol–water partition coefficient (Wildman–Crippen LogP) is 12.7. The molecule has 8 aromatic carbocycles. The molecular weight excluding hydrogens is 566 g/mol. The van der Waals surface area contributed by atoms with Gasteiger partial charge in [-0.25, -0.2) is 8.78 Å². The van der Waals surface area contributed by atoms with Crippen molar-refractivity contribution < 1.29 is 8.78 Å². The molecule has 2 heteroatoms. The second-order valence-corrected chi connectivity index (χ2v) is 12.1. The lowest BCUT2D eigenvalue weighted by atomic mass is 9.82. The summed E-state index contributed by atoms with van der Waals surface area (Å²) in [6, 6.07) is 44.8. The molecule has 0 aliphatic carbocycles. The van der Waals surface area contributed by atoms with Crippen LogP contribution in [0, 0.1) is 11.6 Å². The van der Waals surface area contributed by atoms with E-state index < -0.39 is 0 Å². The molecule has 0 saturated heterocycles. The van der Waals surface area contributed by atoms with Crippen molar-refractivity contribution in [2.75, 3.05) is 0 Å². The molecule has 46 heavy (non-hydrogen) atoms. The fraction of sp³-hybridized carbons (Fsp3) is 0.0909. The number of benzene rings is 8. The standard InChI is InChI=1S/C44H32F2/c1-3-27-5-9-29(10-6-27)39-25-41(31-13-17-33(45)18-14-31)37-24-22-36-40(30-11-7-28(4-2)8-12-30)26-42(32-15-19-34(46)20-16-32)38-23-21-35(39)43(37)44(36)38/h5-26H,3-4H2,1-2H3. The van der Waals surface area contributed by atoms with Gasteiger partial charge in [0.2, 0.25) is 0 Å². The number of aryl methyl sites for hydroxylation is 2. The molecule has 0 radical (unpaired) electrons. The van der Waals surface area contributed by atoms with Gasteiger partial charge in [0.25, 0.3) is 0 Å². The van der Waals surface area contributed by atoms with E-state index in [1.165, 1.54) is 56.9 Å². The molecule has 222 valence electrons. The summed E-state index contributed by atoms with van der Waals surface area (Å²) in [4.78, 5) is 0. The summed E-state index contributed by atoms with van der Waals surface area (Å²) in [7, 11) is 0. The van der Waals surface area contributed by atoms with Crippen LogP contribution in [0.5, 0.6) is 0 Å². The lowest BCUT2D eigenvalue weighted by Gasteiger charge is -2.21. The zero-order valence-electron chi connectivity index (χ0n) is 25.9. The number of rotatable bonds is 6. The normalized spacial score (nSPS) is 11.7. The first-order valence-corrected chi connectivity index (χ1v) is 16.0. The summed E-state index contributed by atoms with van der Waals surface area (Å²) < 4.78 is 28.2. The van der Waals surface area contributed by atoms with Gasteiger partial charge >= 0.3 is 0 Å². The Morgan fingerprint density at radius 1 is 0.348 bits per heavy atom. The zero-order chi connectivity index (χ0) is 31.4. The molecule has 0 heterocycles. The first-order valence-electron chi connectivity index (χ1n) is 16.0. The van der Waals surface area contributed by atoms with E-state index in [1.54, 1.807) is 0 Å². The Labute approximate surface area is 267 Å². The van der Waals surface area contributed by atoms with Gasteiger partial charge in [-0.15, -0.1) is 0 Å². The van der Waals surface area contributed by atoms with E-state index in [0.717, 1.165) is 68.1 Å². The molecule has 0 aliphatic rings. The van der Waals surface area contributed by atoms with Crippen molar-refractivity contribution in [3.8, 4) is 44.5 Å². The van der Waals surface area contributed by atoms with Crippen molar-refractivity contribution in [1.29, 1.82) is 0 Å². The van der Waals surface area contributed by atoms with E-state index in [1.807, 2.05) is 24.3 Å². The maximum absolute atomic E-state index is 14.1. The van der Waals surface area contributed by atoms with Gasteiger partial charge < -0.3 is 0 Å². The second-order valence-electron chi connectivity index (χ2n) is 12.1. The molecule has 0 nitrogen and oxygen atoms in total. The number of halogens is 2. The van der Waals surface area contributed by atoms with Crippen LogP contribution in [0.2, 0.25) is 0 Å². The van der Waals surface area contributed by atoms with Gasteiger partial charge in [-0.1, -0.05) is 111 Å². The van der Waals surface area contributed by atoms with Crippen LogP contribution in [0.25, 0.3) is 76.8 Å². The lowest BCUT2D eigenvalue weighted by molar-refractivity contribution is 0.627. The molecule has 0 spiro atoms. The minimum atomic E-state index is -0.250. The Kier molecular flexibility index (Phi) is 6.87. The lowest BCUT2D eigenvalue weighted by Crippen LogP contribution is -1.94. The van der Waals surface area contributed by atoms with Crippen molar-refractivity contribution in [2.24, 2.45) is 0 Å². The first kappa shape index (κ1) is 28.2. The molecule has 0 bridgehead atoms. The highest BCUT2D eigenvalue weighted by molar-refractivity contribution is 6.31. The average molecular weight is 599 g/mol. The van der Waals surface area contributed by atoms with Gasteiger partial charge in [0, 0.05) is 0 Å². The van der Waals surface area contributed by atoms with Crippen LogP contribution in [-0.4, -0.2) is 0 Å². The smallest absolute Gasteiger partial charge is 0.123 e. The van der Waals surface area contributed by atoms with Crippen LogP contribution in [0.4, 0.5) is 8.78 Å². The van der Waals surface area contributed by atoms with E-state index in [2.05, 4.69) is 98.8 Å². The van der Waals surface area contributed by atoms with E-state index >= 15 is 0 Å². The molecular formula is C44H32F2. The molecule has 0 aromatic heterocycles. The summed E-state index contributed by atoms with van der Waals surface area (Å²) in [6.07, 6.45) is 1.96. The van der Waals surface area contributed by atoms with Gasteiger partial charge in [0.05, 0.1) is 0 Å². The fourth-order valence-corrected chi connectivity index (χ4v) is 7.05. The maximum atomic E-state index is 14.1. The Hall–Kier alpha value is -5.34. The number of hydrogen-bond acceptors (Lipinski definition) is 0. The van der Waals surface area contributed by atoms with Crippen LogP contribution in [0.3, 0.4) is 0 Å². The quantitative estimate of drug-likeness (QED) is 0.167.